The molecular formula is C23H30N4O2. The summed E-state index contributed by atoms with van der Waals surface area (Å²) in [6.45, 7) is 8.87. The molecule has 2 aliphatic heterocycles. The average molecular weight is 395 g/mol. The van der Waals surface area contributed by atoms with E-state index in [4.69, 9.17) is 4.74 Å². The highest BCUT2D eigenvalue weighted by molar-refractivity contribution is 5.92. The lowest BCUT2D eigenvalue weighted by atomic mass is 9.79. The fourth-order valence-corrected chi connectivity index (χ4v) is 4.53. The maximum absolute atomic E-state index is 12.7. The maximum Gasteiger partial charge on any atom is 0.274 e. The van der Waals surface area contributed by atoms with E-state index in [1.807, 2.05) is 42.2 Å². The summed E-state index contributed by atoms with van der Waals surface area (Å²) in [7, 11) is 0. The zero-order chi connectivity index (χ0) is 20.4. The van der Waals surface area contributed by atoms with Crippen LogP contribution in [0, 0.1) is 12.8 Å². The summed E-state index contributed by atoms with van der Waals surface area (Å²) >= 11 is 0. The molecule has 0 unspecified atom stereocenters. The zero-order valence-corrected chi connectivity index (χ0v) is 17.5. The van der Waals surface area contributed by atoms with Crippen molar-refractivity contribution in [1.29, 1.82) is 0 Å². The first kappa shape index (κ1) is 19.8. The Morgan fingerprint density at radius 1 is 1.10 bits per heavy atom. The highest BCUT2D eigenvalue weighted by Crippen LogP contribution is 2.36. The number of aromatic nitrogens is 2. The van der Waals surface area contributed by atoms with Crippen LogP contribution in [0.1, 0.15) is 42.9 Å². The van der Waals surface area contributed by atoms with Crippen molar-refractivity contribution in [3.63, 3.8) is 0 Å². The van der Waals surface area contributed by atoms with Crippen LogP contribution in [0.3, 0.4) is 0 Å². The second kappa shape index (κ2) is 8.49. The summed E-state index contributed by atoms with van der Waals surface area (Å²) in [4.78, 5) is 25.7. The van der Waals surface area contributed by atoms with Gasteiger partial charge in [-0.15, -0.1) is 0 Å². The van der Waals surface area contributed by atoms with Crippen molar-refractivity contribution in [2.45, 2.75) is 51.8 Å². The van der Waals surface area contributed by atoms with Gasteiger partial charge in [0.1, 0.15) is 17.5 Å². The van der Waals surface area contributed by atoms with E-state index in [0.29, 0.717) is 23.7 Å². The van der Waals surface area contributed by atoms with E-state index in [0.717, 1.165) is 43.9 Å². The van der Waals surface area contributed by atoms with Crippen molar-refractivity contribution in [3.05, 3.63) is 54.1 Å². The minimum absolute atomic E-state index is 0.0117. The number of amides is 1. The lowest BCUT2D eigenvalue weighted by molar-refractivity contribution is -0.0983. The van der Waals surface area contributed by atoms with Crippen LogP contribution in [-0.4, -0.2) is 63.5 Å². The Balaban J connectivity index is 1.38. The number of hydrogen-bond acceptors (Lipinski definition) is 5. The van der Waals surface area contributed by atoms with Gasteiger partial charge >= 0.3 is 0 Å². The molecular weight excluding hydrogens is 364 g/mol. The molecule has 3 heterocycles. The van der Waals surface area contributed by atoms with E-state index >= 15 is 0 Å². The number of likely N-dealkylation sites (tertiary alicyclic amines) is 2. The second-order valence-electron chi connectivity index (χ2n) is 8.42. The van der Waals surface area contributed by atoms with Crippen LogP contribution < -0.4 is 4.74 Å². The Hall–Kier alpha value is -2.47. The van der Waals surface area contributed by atoms with Crippen LogP contribution >= 0.6 is 0 Å². The third-order valence-electron chi connectivity index (χ3n) is 6.16. The third-order valence-corrected chi connectivity index (χ3v) is 6.16. The Kier molecular flexibility index (Phi) is 5.81. The minimum atomic E-state index is -0.0117. The largest absolute Gasteiger partial charge is 0.487 e. The Morgan fingerprint density at radius 3 is 2.45 bits per heavy atom. The van der Waals surface area contributed by atoms with Gasteiger partial charge in [-0.2, -0.15) is 0 Å². The molecule has 2 aromatic rings. The van der Waals surface area contributed by atoms with E-state index in [1.165, 1.54) is 0 Å². The Labute approximate surface area is 172 Å². The molecule has 6 heteroatoms. The molecule has 0 saturated carbocycles. The van der Waals surface area contributed by atoms with Gasteiger partial charge in [0.05, 0.1) is 17.9 Å². The number of hydrogen-bond donors (Lipinski definition) is 0. The molecule has 154 valence electrons. The average Bonchev–Trinajstić information content (AvgIpc) is 2.72. The number of nitrogens with zero attached hydrogens (tertiary/aromatic N) is 4. The fraction of sp³-hybridized carbons (Fsp3) is 0.522. The van der Waals surface area contributed by atoms with E-state index in [9.17, 15) is 4.79 Å². The SMILES string of the molecule is Cc1cnc(C(=O)N2CCC([C@H]3[C@@H](Oc4ccccc4)CN3C(C)C)CC2)cn1. The van der Waals surface area contributed by atoms with Crippen molar-refractivity contribution in [2.75, 3.05) is 19.6 Å². The molecule has 0 aliphatic carbocycles. The van der Waals surface area contributed by atoms with Crippen molar-refractivity contribution in [3.8, 4) is 5.75 Å². The molecule has 1 aromatic carbocycles. The molecule has 2 fully saturated rings. The van der Waals surface area contributed by atoms with Crippen molar-refractivity contribution in [2.24, 2.45) is 5.92 Å². The predicted octanol–water partition coefficient (Wildman–Crippen LogP) is 3.18. The van der Waals surface area contributed by atoms with Crippen molar-refractivity contribution >= 4 is 5.91 Å². The molecule has 1 aromatic heterocycles. The lowest BCUT2D eigenvalue weighted by Crippen LogP contribution is -2.68. The summed E-state index contributed by atoms with van der Waals surface area (Å²) in [5.41, 5.74) is 1.26. The van der Waals surface area contributed by atoms with Gasteiger partial charge in [-0.1, -0.05) is 18.2 Å². The highest BCUT2D eigenvalue weighted by Gasteiger charge is 2.47. The van der Waals surface area contributed by atoms with Crippen molar-refractivity contribution < 1.29 is 9.53 Å². The van der Waals surface area contributed by atoms with Gasteiger partial charge in [0.25, 0.3) is 5.91 Å². The molecule has 0 bridgehead atoms. The predicted molar refractivity (Wildman–Crippen MR) is 112 cm³/mol. The monoisotopic (exact) mass is 394 g/mol. The standard InChI is InChI=1S/C23H30N4O2/c1-16(2)27-15-21(29-19-7-5-4-6-8-19)22(27)18-9-11-26(12-10-18)23(28)20-14-24-17(3)13-25-20/h4-8,13-14,16,18,21-22H,9-12,15H2,1-3H3/t21-,22-/m0/s1. The summed E-state index contributed by atoms with van der Waals surface area (Å²) in [5, 5.41) is 0. The van der Waals surface area contributed by atoms with Crippen LogP contribution in [0.15, 0.2) is 42.7 Å². The number of piperidine rings is 1. The Morgan fingerprint density at radius 2 is 1.83 bits per heavy atom. The molecule has 0 radical (unpaired) electrons. The van der Waals surface area contributed by atoms with Gasteiger partial charge < -0.3 is 9.64 Å². The first-order valence-electron chi connectivity index (χ1n) is 10.6. The van der Waals surface area contributed by atoms with Gasteiger partial charge in [-0.05, 0) is 51.7 Å². The number of carbonyl (C=O) groups excluding carboxylic acids is 1. The Bertz CT molecular complexity index is 817. The summed E-state index contributed by atoms with van der Waals surface area (Å²) in [6.07, 6.45) is 5.44. The number of ether oxygens (including phenoxy) is 1. The fourth-order valence-electron chi connectivity index (χ4n) is 4.53. The van der Waals surface area contributed by atoms with Gasteiger partial charge in [0.15, 0.2) is 0 Å². The summed E-state index contributed by atoms with van der Waals surface area (Å²) in [5.74, 6) is 1.46. The molecule has 0 spiro atoms. The highest BCUT2D eigenvalue weighted by atomic mass is 16.5. The first-order valence-corrected chi connectivity index (χ1v) is 10.6. The topological polar surface area (TPSA) is 58.6 Å². The van der Waals surface area contributed by atoms with Crippen LogP contribution in [0.4, 0.5) is 0 Å². The van der Waals surface area contributed by atoms with Crippen LogP contribution in [0.2, 0.25) is 0 Å². The molecule has 2 atom stereocenters. The van der Waals surface area contributed by atoms with Crippen LogP contribution in [-0.2, 0) is 0 Å². The zero-order valence-electron chi connectivity index (χ0n) is 17.5. The first-order chi connectivity index (χ1) is 14.0. The van der Waals surface area contributed by atoms with Gasteiger partial charge in [0.2, 0.25) is 0 Å². The number of benzene rings is 1. The smallest absolute Gasteiger partial charge is 0.274 e. The quantitative estimate of drug-likeness (QED) is 0.780. The van der Waals surface area contributed by atoms with E-state index in [2.05, 4.69) is 28.7 Å². The lowest BCUT2D eigenvalue weighted by Gasteiger charge is -2.54. The van der Waals surface area contributed by atoms with Gasteiger partial charge in [-0.3, -0.25) is 14.7 Å². The molecule has 6 nitrogen and oxygen atoms in total. The molecule has 2 saturated heterocycles. The summed E-state index contributed by atoms with van der Waals surface area (Å²) in [6, 6.07) is 11.0. The summed E-state index contributed by atoms with van der Waals surface area (Å²) < 4.78 is 6.31. The molecule has 0 N–H and O–H groups in total. The van der Waals surface area contributed by atoms with Crippen LogP contribution in [0.5, 0.6) is 5.75 Å². The molecule has 29 heavy (non-hydrogen) atoms. The van der Waals surface area contributed by atoms with Crippen molar-refractivity contribution in [1.82, 2.24) is 19.8 Å². The second-order valence-corrected chi connectivity index (χ2v) is 8.42. The molecule has 2 aliphatic rings. The molecule has 4 rings (SSSR count). The van der Waals surface area contributed by atoms with Gasteiger partial charge in [0, 0.05) is 31.9 Å². The molecule has 1 amide bonds. The maximum atomic E-state index is 12.7. The number of para-hydroxylation sites is 1. The normalized spacial score (nSPS) is 23.1. The van der Waals surface area contributed by atoms with Gasteiger partial charge in [-0.25, -0.2) is 4.98 Å². The minimum Gasteiger partial charge on any atom is -0.487 e. The third kappa shape index (κ3) is 4.27. The number of carbonyl (C=O) groups is 1. The van der Waals surface area contributed by atoms with E-state index in [-0.39, 0.29) is 12.0 Å². The van der Waals surface area contributed by atoms with E-state index < -0.39 is 0 Å². The van der Waals surface area contributed by atoms with E-state index in [1.54, 1.807) is 12.4 Å². The van der Waals surface area contributed by atoms with Crippen LogP contribution in [0.25, 0.3) is 0 Å². The number of rotatable bonds is 5. The number of aryl methyl sites for hydroxylation is 1.